The van der Waals surface area contributed by atoms with Crippen LogP contribution in [0.2, 0.25) is 0 Å². The first-order valence-corrected chi connectivity index (χ1v) is 8.04. The number of nitrogens with zero attached hydrogens (tertiary/aromatic N) is 4. The second kappa shape index (κ2) is 6.23. The standard InChI is InChI=1S/C15H17N5OS/c1-3-14-18-19-15(22-14)17-13(21)8-7-11-10(2)16-12-6-4-5-9-20(11)12/h4-6,9H,3,7-8H2,1-2H3,(H,17,19,21). The van der Waals surface area contributed by atoms with Crippen molar-refractivity contribution in [1.82, 2.24) is 19.6 Å². The summed E-state index contributed by atoms with van der Waals surface area (Å²) in [7, 11) is 0. The summed E-state index contributed by atoms with van der Waals surface area (Å²) in [4.78, 5) is 16.6. The molecule has 0 aliphatic carbocycles. The summed E-state index contributed by atoms with van der Waals surface area (Å²) in [5.74, 6) is -0.0518. The summed E-state index contributed by atoms with van der Waals surface area (Å²) in [5, 5.41) is 12.2. The van der Waals surface area contributed by atoms with Crippen molar-refractivity contribution in [1.29, 1.82) is 0 Å². The Morgan fingerprint density at radius 2 is 2.23 bits per heavy atom. The van der Waals surface area contributed by atoms with Crippen molar-refractivity contribution in [2.45, 2.75) is 33.1 Å². The minimum Gasteiger partial charge on any atom is -0.304 e. The molecule has 1 amide bonds. The Bertz CT molecular complexity index is 807. The van der Waals surface area contributed by atoms with Gasteiger partial charge < -0.3 is 9.72 Å². The van der Waals surface area contributed by atoms with Crippen molar-refractivity contribution in [3.63, 3.8) is 0 Å². The molecule has 3 heterocycles. The molecule has 22 heavy (non-hydrogen) atoms. The smallest absolute Gasteiger partial charge is 0.226 e. The number of aromatic nitrogens is 4. The lowest BCUT2D eigenvalue weighted by Gasteiger charge is -2.03. The highest BCUT2D eigenvalue weighted by molar-refractivity contribution is 7.15. The molecule has 3 rings (SSSR count). The molecule has 0 radical (unpaired) electrons. The monoisotopic (exact) mass is 315 g/mol. The van der Waals surface area contributed by atoms with Crippen LogP contribution >= 0.6 is 11.3 Å². The number of imidazole rings is 1. The molecule has 0 unspecified atom stereocenters. The second-order valence-corrected chi connectivity index (χ2v) is 6.04. The van der Waals surface area contributed by atoms with Gasteiger partial charge in [0.2, 0.25) is 11.0 Å². The summed E-state index contributed by atoms with van der Waals surface area (Å²) in [6.07, 6.45) is 3.84. The molecule has 6 nitrogen and oxygen atoms in total. The van der Waals surface area contributed by atoms with E-state index in [2.05, 4.69) is 20.5 Å². The van der Waals surface area contributed by atoms with Gasteiger partial charge in [-0.15, -0.1) is 10.2 Å². The van der Waals surface area contributed by atoms with Crippen LogP contribution in [0.4, 0.5) is 5.13 Å². The number of carbonyl (C=O) groups is 1. The Kier molecular flexibility index (Phi) is 4.15. The second-order valence-electron chi connectivity index (χ2n) is 4.98. The fraction of sp³-hybridized carbons (Fsp3) is 0.333. The van der Waals surface area contributed by atoms with Crippen LogP contribution in [0.5, 0.6) is 0 Å². The van der Waals surface area contributed by atoms with Gasteiger partial charge >= 0.3 is 0 Å². The van der Waals surface area contributed by atoms with Gasteiger partial charge in [-0.1, -0.05) is 24.3 Å². The summed E-state index contributed by atoms with van der Waals surface area (Å²) in [6, 6.07) is 5.88. The van der Waals surface area contributed by atoms with Crippen LogP contribution in [0.25, 0.3) is 5.65 Å². The highest BCUT2D eigenvalue weighted by atomic mass is 32.1. The summed E-state index contributed by atoms with van der Waals surface area (Å²) >= 11 is 1.42. The third kappa shape index (κ3) is 2.99. The van der Waals surface area contributed by atoms with Gasteiger partial charge in [0, 0.05) is 18.3 Å². The van der Waals surface area contributed by atoms with Crippen LogP contribution in [0.3, 0.4) is 0 Å². The van der Waals surface area contributed by atoms with Crippen LogP contribution in [0.15, 0.2) is 24.4 Å². The number of pyridine rings is 1. The number of nitrogens with one attached hydrogen (secondary N) is 1. The third-order valence-corrected chi connectivity index (χ3v) is 4.42. The highest BCUT2D eigenvalue weighted by Crippen LogP contribution is 2.17. The minimum atomic E-state index is -0.0518. The first-order chi connectivity index (χ1) is 10.7. The molecule has 0 saturated heterocycles. The van der Waals surface area contributed by atoms with Crippen LogP contribution in [-0.4, -0.2) is 25.5 Å². The molecule has 0 atom stereocenters. The molecule has 114 valence electrons. The third-order valence-electron chi connectivity index (χ3n) is 3.43. The molecule has 3 aromatic rings. The maximum Gasteiger partial charge on any atom is 0.226 e. The van der Waals surface area contributed by atoms with E-state index in [9.17, 15) is 4.79 Å². The van der Waals surface area contributed by atoms with E-state index < -0.39 is 0 Å². The van der Waals surface area contributed by atoms with Gasteiger partial charge in [0.25, 0.3) is 0 Å². The molecule has 0 aliphatic rings. The van der Waals surface area contributed by atoms with E-state index in [1.807, 2.05) is 42.6 Å². The number of aryl methyl sites for hydroxylation is 3. The van der Waals surface area contributed by atoms with Gasteiger partial charge in [-0.3, -0.25) is 4.79 Å². The Balaban J connectivity index is 1.66. The predicted octanol–water partition coefficient (Wildman–Crippen LogP) is 2.63. The zero-order valence-electron chi connectivity index (χ0n) is 12.5. The van der Waals surface area contributed by atoms with Crippen LogP contribution < -0.4 is 5.32 Å². The topological polar surface area (TPSA) is 72.2 Å². The molecule has 3 aromatic heterocycles. The number of fused-ring (bicyclic) bond motifs is 1. The molecule has 0 fully saturated rings. The first kappa shape index (κ1) is 14.6. The average molecular weight is 315 g/mol. The van der Waals surface area contributed by atoms with Crippen molar-refractivity contribution < 1.29 is 4.79 Å². The number of hydrogen-bond donors (Lipinski definition) is 1. The fourth-order valence-corrected chi connectivity index (χ4v) is 3.02. The zero-order valence-corrected chi connectivity index (χ0v) is 13.4. The number of anilines is 1. The van der Waals surface area contributed by atoms with Gasteiger partial charge in [-0.05, 0) is 31.9 Å². The number of carbonyl (C=O) groups excluding carboxylic acids is 1. The van der Waals surface area contributed by atoms with Gasteiger partial charge in [0.1, 0.15) is 10.7 Å². The van der Waals surface area contributed by atoms with Crippen LogP contribution in [0.1, 0.15) is 29.7 Å². The van der Waals surface area contributed by atoms with Crippen LogP contribution in [0, 0.1) is 6.92 Å². The Hall–Kier alpha value is -2.28. The van der Waals surface area contributed by atoms with E-state index in [1.165, 1.54) is 11.3 Å². The van der Waals surface area contributed by atoms with E-state index >= 15 is 0 Å². The molecular formula is C15H17N5OS. The molecule has 7 heteroatoms. The maximum atomic E-state index is 12.1. The maximum absolute atomic E-state index is 12.1. The van der Waals surface area contributed by atoms with E-state index in [-0.39, 0.29) is 5.91 Å². The number of amides is 1. The summed E-state index contributed by atoms with van der Waals surface area (Å²) < 4.78 is 2.03. The molecule has 0 spiro atoms. The zero-order chi connectivity index (χ0) is 15.5. The SMILES string of the molecule is CCc1nnc(NC(=O)CCc2c(C)nc3ccccn23)s1. The number of hydrogen-bond acceptors (Lipinski definition) is 5. The summed E-state index contributed by atoms with van der Waals surface area (Å²) in [5.41, 5.74) is 2.94. The number of rotatable bonds is 5. The minimum absolute atomic E-state index is 0.0518. The predicted molar refractivity (Wildman–Crippen MR) is 86.2 cm³/mol. The van der Waals surface area contributed by atoms with E-state index in [0.717, 1.165) is 28.5 Å². The molecule has 0 aliphatic heterocycles. The van der Waals surface area contributed by atoms with E-state index in [1.54, 1.807) is 0 Å². The fourth-order valence-electron chi connectivity index (χ4n) is 2.33. The lowest BCUT2D eigenvalue weighted by atomic mass is 10.2. The van der Waals surface area contributed by atoms with Crippen molar-refractivity contribution in [3.05, 3.63) is 40.8 Å². The van der Waals surface area contributed by atoms with E-state index in [4.69, 9.17) is 0 Å². The lowest BCUT2D eigenvalue weighted by Crippen LogP contribution is -2.13. The van der Waals surface area contributed by atoms with Gasteiger partial charge in [0.05, 0.1) is 5.69 Å². The quantitative estimate of drug-likeness (QED) is 0.785. The van der Waals surface area contributed by atoms with Crippen molar-refractivity contribution in [2.24, 2.45) is 0 Å². The van der Waals surface area contributed by atoms with Gasteiger partial charge in [0.15, 0.2) is 0 Å². The molecule has 0 aromatic carbocycles. The Morgan fingerprint density at radius 3 is 3.00 bits per heavy atom. The normalized spacial score (nSPS) is 11.0. The Labute approximate surface area is 132 Å². The highest BCUT2D eigenvalue weighted by Gasteiger charge is 2.12. The lowest BCUT2D eigenvalue weighted by molar-refractivity contribution is -0.116. The molecular weight excluding hydrogens is 298 g/mol. The van der Waals surface area contributed by atoms with Gasteiger partial charge in [-0.2, -0.15) is 0 Å². The molecule has 0 bridgehead atoms. The summed E-state index contributed by atoms with van der Waals surface area (Å²) in [6.45, 7) is 3.98. The van der Waals surface area contributed by atoms with E-state index in [0.29, 0.717) is 18.0 Å². The first-order valence-electron chi connectivity index (χ1n) is 7.22. The molecule has 0 saturated carbocycles. The van der Waals surface area contributed by atoms with Crippen molar-refractivity contribution in [2.75, 3.05) is 5.32 Å². The Morgan fingerprint density at radius 1 is 1.36 bits per heavy atom. The van der Waals surface area contributed by atoms with Gasteiger partial charge in [-0.25, -0.2) is 4.98 Å². The van der Waals surface area contributed by atoms with Crippen molar-refractivity contribution in [3.8, 4) is 0 Å². The van der Waals surface area contributed by atoms with Crippen molar-refractivity contribution >= 4 is 28.0 Å². The van der Waals surface area contributed by atoms with Crippen LogP contribution in [-0.2, 0) is 17.6 Å². The average Bonchev–Trinajstić information content (AvgIpc) is 3.08. The molecule has 1 N–H and O–H groups in total. The largest absolute Gasteiger partial charge is 0.304 e.